The standard InChI is InChI=1S/C17H20F2N4O2/c1-11-20-16(22-21-11)14-7-2-3-8-23(14)15(24)10-12-5-4-6-13(9-12)25-17(18)19/h4-6,9,14,17H,2-3,7-8,10H2,1H3,(H,20,21,22)/t14-/m0/s1. The molecule has 1 N–H and O–H groups in total. The topological polar surface area (TPSA) is 71.1 Å². The van der Waals surface area contributed by atoms with Crippen LogP contribution in [0.15, 0.2) is 24.3 Å². The van der Waals surface area contributed by atoms with Gasteiger partial charge in [-0.25, -0.2) is 4.98 Å². The number of hydrogen-bond acceptors (Lipinski definition) is 4. The SMILES string of the molecule is Cc1nc([C@@H]2CCCCN2C(=O)Cc2cccc(OC(F)F)c2)n[nH]1. The molecule has 2 aromatic rings. The smallest absolute Gasteiger partial charge is 0.387 e. The first-order chi connectivity index (χ1) is 12.0. The lowest BCUT2D eigenvalue weighted by atomic mass is 10.00. The number of ether oxygens (including phenoxy) is 1. The maximum absolute atomic E-state index is 12.8. The Hall–Kier alpha value is -2.51. The van der Waals surface area contributed by atoms with E-state index in [9.17, 15) is 13.6 Å². The number of hydrogen-bond donors (Lipinski definition) is 1. The van der Waals surface area contributed by atoms with Crippen molar-refractivity contribution in [2.24, 2.45) is 0 Å². The lowest BCUT2D eigenvalue weighted by Gasteiger charge is -2.34. The molecule has 0 radical (unpaired) electrons. The molecule has 0 spiro atoms. The average molecular weight is 350 g/mol. The number of benzene rings is 1. The highest BCUT2D eigenvalue weighted by molar-refractivity contribution is 5.79. The number of likely N-dealkylation sites (tertiary alicyclic amines) is 1. The Morgan fingerprint density at radius 3 is 3.00 bits per heavy atom. The van der Waals surface area contributed by atoms with Crippen molar-refractivity contribution in [3.05, 3.63) is 41.5 Å². The summed E-state index contributed by atoms with van der Waals surface area (Å²) in [5, 5.41) is 7.01. The molecule has 1 aliphatic rings. The molecule has 134 valence electrons. The normalized spacial score (nSPS) is 17.8. The highest BCUT2D eigenvalue weighted by Crippen LogP contribution is 2.29. The summed E-state index contributed by atoms with van der Waals surface area (Å²) >= 11 is 0. The van der Waals surface area contributed by atoms with Crippen molar-refractivity contribution < 1.29 is 18.3 Å². The summed E-state index contributed by atoms with van der Waals surface area (Å²) in [4.78, 5) is 18.9. The van der Waals surface area contributed by atoms with Crippen LogP contribution in [-0.2, 0) is 11.2 Å². The number of amides is 1. The van der Waals surface area contributed by atoms with Crippen LogP contribution in [0.5, 0.6) is 5.75 Å². The van der Waals surface area contributed by atoms with Gasteiger partial charge in [0.05, 0.1) is 12.5 Å². The zero-order chi connectivity index (χ0) is 17.8. The van der Waals surface area contributed by atoms with Gasteiger partial charge in [0.15, 0.2) is 5.82 Å². The third-order valence-corrected chi connectivity index (χ3v) is 4.21. The lowest BCUT2D eigenvalue weighted by molar-refractivity contribution is -0.134. The molecule has 1 aromatic heterocycles. The van der Waals surface area contributed by atoms with E-state index >= 15 is 0 Å². The number of aromatic amines is 1. The van der Waals surface area contributed by atoms with Crippen LogP contribution in [0.3, 0.4) is 0 Å². The van der Waals surface area contributed by atoms with E-state index in [4.69, 9.17) is 0 Å². The number of rotatable bonds is 5. The summed E-state index contributed by atoms with van der Waals surface area (Å²) in [6, 6.07) is 6.10. The van der Waals surface area contributed by atoms with Crippen LogP contribution in [0.4, 0.5) is 8.78 Å². The Labute approximate surface area is 144 Å². The van der Waals surface area contributed by atoms with Gasteiger partial charge in [-0.3, -0.25) is 9.89 Å². The van der Waals surface area contributed by atoms with Gasteiger partial charge in [-0.05, 0) is 43.9 Å². The summed E-state index contributed by atoms with van der Waals surface area (Å²) in [5.74, 6) is 1.33. The fraction of sp³-hybridized carbons (Fsp3) is 0.471. The fourth-order valence-corrected chi connectivity index (χ4v) is 3.12. The van der Waals surface area contributed by atoms with Gasteiger partial charge in [-0.1, -0.05) is 12.1 Å². The van der Waals surface area contributed by atoms with E-state index in [-0.39, 0.29) is 24.1 Å². The molecule has 0 saturated carbocycles. The number of aryl methyl sites for hydroxylation is 1. The summed E-state index contributed by atoms with van der Waals surface area (Å²) in [6.45, 7) is -0.420. The Bertz CT molecular complexity index is 735. The quantitative estimate of drug-likeness (QED) is 0.900. The van der Waals surface area contributed by atoms with Crippen molar-refractivity contribution in [3.63, 3.8) is 0 Å². The first-order valence-electron chi connectivity index (χ1n) is 8.25. The molecule has 1 aromatic carbocycles. The minimum atomic E-state index is -2.88. The Balaban J connectivity index is 1.72. The molecule has 3 rings (SSSR count). The van der Waals surface area contributed by atoms with E-state index in [1.165, 1.54) is 12.1 Å². The van der Waals surface area contributed by atoms with Gasteiger partial charge >= 0.3 is 6.61 Å². The second kappa shape index (κ2) is 7.58. The maximum Gasteiger partial charge on any atom is 0.387 e. The molecular weight excluding hydrogens is 330 g/mol. The molecule has 2 heterocycles. The molecule has 0 aliphatic carbocycles. The molecule has 1 aliphatic heterocycles. The van der Waals surface area contributed by atoms with Crippen molar-refractivity contribution in [1.29, 1.82) is 0 Å². The number of nitrogens with zero attached hydrogens (tertiary/aromatic N) is 3. The van der Waals surface area contributed by atoms with Gasteiger partial charge in [0.25, 0.3) is 0 Å². The minimum absolute atomic E-state index is 0.0556. The summed E-state index contributed by atoms with van der Waals surface area (Å²) < 4.78 is 29.1. The second-order valence-corrected chi connectivity index (χ2v) is 6.08. The van der Waals surface area contributed by atoms with Crippen molar-refractivity contribution >= 4 is 5.91 Å². The summed E-state index contributed by atoms with van der Waals surface area (Å²) in [5.41, 5.74) is 0.638. The predicted octanol–water partition coefficient (Wildman–Crippen LogP) is 3.01. The van der Waals surface area contributed by atoms with Crippen LogP contribution in [-0.4, -0.2) is 39.1 Å². The number of piperidine rings is 1. The number of aromatic nitrogens is 3. The molecule has 1 saturated heterocycles. The first kappa shape index (κ1) is 17.3. The van der Waals surface area contributed by atoms with Crippen molar-refractivity contribution in [1.82, 2.24) is 20.1 Å². The van der Waals surface area contributed by atoms with Gasteiger partial charge in [-0.15, -0.1) is 0 Å². The Morgan fingerprint density at radius 2 is 2.28 bits per heavy atom. The summed E-state index contributed by atoms with van der Waals surface area (Å²) in [7, 11) is 0. The van der Waals surface area contributed by atoms with Crippen LogP contribution in [0.2, 0.25) is 0 Å². The van der Waals surface area contributed by atoms with E-state index < -0.39 is 6.61 Å². The van der Waals surface area contributed by atoms with Crippen molar-refractivity contribution in [3.8, 4) is 5.75 Å². The summed E-state index contributed by atoms with van der Waals surface area (Å²) in [6.07, 6.45) is 2.89. The van der Waals surface area contributed by atoms with Crippen LogP contribution in [0, 0.1) is 6.92 Å². The molecule has 1 atom stereocenters. The van der Waals surface area contributed by atoms with E-state index in [0.717, 1.165) is 19.3 Å². The largest absolute Gasteiger partial charge is 0.435 e. The Morgan fingerprint density at radius 1 is 1.44 bits per heavy atom. The lowest BCUT2D eigenvalue weighted by Crippen LogP contribution is -2.39. The molecule has 1 fully saturated rings. The van der Waals surface area contributed by atoms with E-state index in [1.54, 1.807) is 17.0 Å². The molecule has 0 bridgehead atoms. The van der Waals surface area contributed by atoms with Crippen LogP contribution >= 0.6 is 0 Å². The van der Waals surface area contributed by atoms with E-state index in [2.05, 4.69) is 19.9 Å². The van der Waals surface area contributed by atoms with Gasteiger partial charge in [0, 0.05) is 6.54 Å². The van der Waals surface area contributed by atoms with Gasteiger partial charge < -0.3 is 9.64 Å². The fourth-order valence-electron chi connectivity index (χ4n) is 3.12. The molecular formula is C17H20F2N4O2. The van der Waals surface area contributed by atoms with E-state index in [0.29, 0.717) is 23.8 Å². The number of halogens is 2. The second-order valence-electron chi connectivity index (χ2n) is 6.08. The van der Waals surface area contributed by atoms with Crippen LogP contribution in [0.25, 0.3) is 0 Å². The number of carbonyl (C=O) groups is 1. The monoisotopic (exact) mass is 350 g/mol. The first-order valence-corrected chi connectivity index (χ1v) is 8.25. The minimum Gasteiger partial charge on any atom is -0.435 e. The van der Waals surface area contributed by atoms with Gasteiger partial charge in [0.2, 0.25) is 5.91 Å². The molecule has 1 amide bonds. The van der Waals surface area contributed by atoms with Crippen molar-refractivity contribution in [2.75, 3.05) is 6.54 Å². The van der Waals surface area contributed by atoms with Gasteiger partial charge in [0.1, 0.15) is 11.6 Å². The predicted molar refractivity (Wildman–Crippen MR) is 86.2 cm³/mol. The molecule has 25 heavy (non-hydrogen) atoms. The Kier molecular flexibility index (Phi) is 5.25. The highest BCUT2D eigenvalue weighted by atomic mass is 19.3. The highest BCUT2D eigenvalue weighted by Gasteiger charge is 2.30. The van der Waals surface area contributed by atoms with Crippen molar-refractivity contribution in [2.45, 2.75) is 45.3 Å². The number of alkyl halides is 2. The molecule has 8 heteroatoms. The zero-order valence-electron chi connectivity index (χ0n) is 13.9. The van der Waals surface area contributed by atoms with Crippen LogP contribution < -0.4 is 4.74 Å². The number of nitrogens with one attached hydrogen (secondary N) is 1. The average Bonchev–Trinajstić information content (AvgIpc) is 3.01. The van der Waals surface area contributed by atoms with Gasteiger partial charge in [-0.2, -0.15) is 13.9 Å². The third kappa shape index (κ3) is 4.32. The zero-order valence-corrected chi connectivity index (χ0v) is 13.9. The number of carbonyl (C=O) groups excluding carboxylic acids is 1. The molecule has 0 unspecified atom stereocenters. The van der Waals surface area contributed by atoms with Crippen LogP contribution in [0.1, 0.15) is 42.5 Å². The third-order valence-electron chi connectivity index (χ3n) is 4.21. The maximum atomic E-state index is 12.8. The number of H-pyrrole nitrogens is 1. The van der Waals surface area contributed by atoms with E-state index in [1.807, 2.05) is 6.92 Å². The molecule has 6 nitrogen and oxygen atoms in total.